The fraction of sp³-hybridized carbons (Fsp3) is 0.150. The number of halogens is 4. The zero-order chi connectivity index (χ0) is 22.7. The van der Waals surface area contributed by atoms with Gasteiger partial charge >= 0.3 is 6.18 Å². The maximum atomic E-state index is 13.7. The van der Waals surface area contributed by atoms with Gasteiger partial charge < -0.3 is 5.32 Å². The monoisotopic (exact) mass is 445 g/mol. The van der Waals surface area contributed by atoms with Crippen molar-refractivity contribution in [2.45, 2.75) is 19.3 Å². The predicted molar refractivity (Wildman–Crippen MR) is 103 cm³/mol. The van der Waals surface area contributed by atoms with E-state index in [4.69, 9.17) is 0 Å². The molecule has 32 heavy (non-hydrogen) atoms. The average molecular weight is 445 g/mol. The van der Waals surface area contributed by atoms with Gasteiger partial charge in [0.2, 0.25) is 0 Å². The first-order chi connectivity index (χ1) is 15.3. The van der Waals surface area contributed by atoms with Crippen LogP contribution in [0.1, 0.15) is 27.3 Å². The lowest BCUT2D eigenvalue weighted by molar-refractivity contribution is -0.143. The molecule has 1 amide bonds. The highest BCUT2D eigenvalue weighted by atomic mass is 19.4. The third-order valence-corrected chi connectivity index (χ3v) is 4.56. The van der Waals surface area contributed by atoms with Crippen molar-refractivity contribution in [1.29, 1.82) is 0 Å². The van der Waals surface area contributed by atoms with Crippen molar-refractivity contribution in [2.75, 3.05) is 0 Å². The molecule has 0 aliphatic rings. The van der Waals surface area contributed by atoms with Crippen LogP contribution in [0.2, 0.25) is 0 Å². The van der Waals surface area contributed by atoms with Gasteiger partial charge in [-0.3, -0.25) is 4.79 Å². The van der Waals surface area contributed by atoms with Gasteiger partial charge in [-0.1, -0.05) is 35.5 Å². The molecule has 0 radical (unpaired) electrons. The van der Waals surface area contributed by atoms with E-state index in [1.165, 1.54) is 24.8 Å². The highest BCUT2D eigenvalue weighted by molar-refractivity contribution is 5.93. The number of hydrogen-bond donors (Lipinski definition) is 1. The summed E-state index contributed by atoms with van der Waals surface area (Å²) in [6.45, 7) is 0.323. The molecule has 2 heterocycles. The van der Waals surface area contributed by atoms with Gasteiger partial charge in [0.05, 0.1) is 12.2 Å². The number of hydrogen-bond acceptors (Lipinski definition) is 5. The van der Waals surface area contributed by atoms with Crippen LogP contribution in [0.4, 0.5) is 17.6 Å². The maximum absolute atomic E-state index is 13.7. The number of benzene rings is 2. The van der Waals surface area contributed by atoms with Crippen molar-refractivity contribution in [3.63, 3.8) is 0 Å². The lowest BCUT2D eigenvalue weighted by atomic mass is 10.1. The number of nitrogens with one attached hydrogen (secondary N) is 1. The molecule has 164 valence electrons. The van der Waals surface area contributed by atoms with Crippen molar-refractivity contribution in [2.24, 2.45) is 0 Å². The largest absolute Gasteiger partial charge is 0.435 e. The molecule has 8 nitrogen and oxygen atoms in total. The fourth-order valence-corrected chi connectivity index (χ4v) is 3.11. The van der Waals surface area contributed by atoms with Crippen LogP contribution in [-0.4, -0.2) is 35.7 Å². The van der Waals surface area contributed by atoms with E-state index in [2.05, 4.69) is 25.7 Å². The zero-order valence-corrected chi connectivity index (χ0v) is 16.3. The van der Waals surface area contributed by atoms with E-state index >= 15 is 0 Å². The fourth-order valence-electron chi connectivity index (χ4n) is 3.11. The number of carbonyl (C=O) groups is 1. The quantitative estimate of drug-likeness (QED) is 0.461. The molecular weight excluding hydrogens is 430 g/mol. The molecule has 0 saturated heterocycles. The van der Waals surface area contributed by atoms with Gasteiger partial charge in [0.15, 0.2) is 11.4 Å². The number of amides is 1. The zero-order valence-electron chi connectivity index (χ0n) is 16.3. The van der Waals surface area contributed by atoms with Crippen LogP contribution in [0.15, 0.2) is 61.2 Å². The highest BCUT2D eigenvalue weighted by Gasteiger charge is 2.42. The maximum Gasteiger partial charge on any atom is 0.435 e. The van der Waals surface area contributed by atoms with E-state index in [0.717, 1.165) is 17.7 Å². The third kappa shape index (κ3) is 4.48. The predicted octanol–water partition coefficient (Wildman–Crippen LogP) is 3.00. The molecule has 0 unspecified atom stereocenters. The highest BCUT2D eigenvalue weighted by Crippen LogP contribution is 2.32. The Balaban J connectivity index is 1.59. The van der Waals surface area contributed by atoms with E-state index < -0.39 is 29.3 Å². The molecule has 0 saturated carbocycles. The van der Waals surface area contributed by atoms with Crippen LogP contribution >= 0.6 is 0 Å². The van der Waals surface area contributed by atoms with Gasteiger partial charge in [-0.2, -0.15) is 18.3 Å². The summed E-state index contributed by atoms with van der Waals surface area (Å²) in [6, 6.07) is 11.5. The van der Waals surface area contributed by atoms with E-state index in [1.54, 1.807) is 22.9 Å². The van der Waals surface area contributed by atoms with Gasteiger partial charge in [0, 0.05) is 6.54 Å². The van der Waals surface area contributed by atoms with Crippen molar-refractivity contribution in [3.05, 3.63) is 89.5 Å². The summed E-state index contributed by atoms with van der Waals surface area (Å²) in [4.78, 5) is 16.5. The molecule has 2 aromatic heterocycles. The number of rotatable bonds is 6. The minimum Gasteiger partial charge on any atom is -0.346 e. The molecule has 0 aliphatic heterocycles. The third-order valence-electron chi connectivity index (χ3n) is 4.56. The van der Waals surface area contributed by atoms with Crippen LogP contribution in [-0.2, 0) is 19.3 Å². The first-order valence-electron chi connectivity index (χ1n) is 9.29. The second-order valence-electron chi connectivity index (χ2n) is 6.72. The van der Waals surface area contributed by atoms with Crippen LogP contribution < -0.4 is 5.32 Å². The molecule has 0 atom stereocenters. The van der Waals surface area contributed by atoms with Crippen molar-refractivity contribution >= 4 is 5.91 Å². The first kappa shape index (κ1) is 21.2. The normalized spacial score (nSPS) is 11.5. The van der Waals surface area contributed by atoms with Gasteiger partial charge in [-0.25, -0.2) is 18.7 Å². The lowest BCUT2D eigenvalue weighted by Gasteiger charge is -2.12. The summed E-state index contributed by atoms with van der Waals surface area (Å²) in [5, 5.41) is 13.3. The summed E-state index contributed by atoms with van der Waals surface area (Å²) in [5.74, 6) is -1.81. The van der Waals surface area contributed by atoms with E-state index in [9.17, 15) is 22.4 Å². The molecule has 1 N–H and O–H groups in total. The van der Waals surface area contributed by atoms with Crippen molar-refractivity contribution in [1.82, 2.24) is 35.1 Å². The van der Waals surface area contributed by atoms with Gasteiger partial charge in [0.1, 0.15) is 18.5 Å². The Morgan fingerprint density at radius 2 is 1.84 bits per heavy atom. The molecule has 4 aromatic rings. The van der Waals surface area contributed by atoms with E-state index in [1.807, 2.05) is 6.07 Å². The van der Waals surface area contributed by atoms with Crippen LogP contribution in [0.3, 0.4) is 0 Å². The molecule has 4 rings (SSSR count). The summed E-state index contributed by atoms with van der Waals surface area (Å²) in [7, 11) is 0. The Kier molecular flexibility index (Phi) is 5.67. The van der Waals surface area contributed by atoms with Crippen LogP contribution in [0.25, 0.3) is 5.69 Å². The molecule has 0 fully saturated rings. The molecule has 0 bridgehead atoms. The summed E-state index contributed by atoms with van der Waals surface area (Å²) < 4.78 is 56.7. The number of carbonyl (C=O) groups excluding carboxylic acids is 1. The molecule has 2 aromatic carbocycles. The molecule has 0 spiro atoms. The standard InChI is InChI=1S/C20H15F4N7O/c21-15-6-3-7-16(8-15)31-18(20(22,23)24)17(28-29-31)19(32)26-9-13-4-1-2-5-14(13)10-30-12-25-11-27-30/h1-8,11-12H,9-10H2,(H,26,32). The summed E-state index contributed by atoms with van der Waals surface area (Å²) >= 11 is 0. The number of nitrogens with zero attached hydrogens (tertiary/aromatic N) is 6. The number of alkyl halides is 3. The molecule has 12 heteroatoms. The SMILES string of the molecule is O=C(NCc1ccccc1Cn1cncn1)c1nnn(-c2cccc(F)c2)c1C(F)(F)F. The van der Waals surface area contributed by atoms with Gasteiger partial charge in [-0.05, 0) is 29.3 Å². The molecular formula is C20H15F4N7O. The van der Waals surface area contributed by atoms with E-state index in [-0.39, 0.29) is 12.2 Å². The Bertz CT molecular complexity index is 1230. The van der Waals surface area contributed by atoms with E-state index in [0.29, 0.717) is 16.8 Å². The van der Waals surface area contributed by atoms with Gasteiger partial charge in [-0.15, -0.1) is 5.10 Å². The summed E-state index contributed by atoms with van der Waals surface area (Å²) in [6.07, 6.45) is -2.05. The second kappa shape index (κ2) is 8.57. The lowest BCUT2D eigenvalue weighted by Crippen LogP contribution is -2.27. The minimum absolute atomic E-state index is 0.0478. The van der Waals surface area contributed by atoms with Gasteiger partial charge in [0.25, 0.3) is 5.91 Å². The van der Waals surface area contributed by atoms with Crippen molar-refractivity contribution in [3.8, 4) is 5.69 Å². The average Bonchev–Trinajstić information content (AvgIpc) is 3.42. The van der Waals surface area contributed by atoms with Crippen molar-refractivity contribution < 1.29 is 22.4 Å². The van der Waals surface area contributed by atoms with Crippen LogP contribution in [0.5, 0.6) is 0 Å². The smallest absolute Gasteiger partial charge is 0.346 e. The second-order valence-corrected chi connectivity index (χ2v) is 6.72. The Labute approximate surface area is 178 Å². The molecule has 0 aliphatic carbocycles. The minimum atomic E-state index is -4.95. The Morgan fingerprint density at radius 3 is 2.53 bits per heavy atom. The summed E-state index contributed by atoms with van der Waals surface area (Å²) in [5.41, 5.74) is -1.02. The van der Waals surface area contributed by atoms with Crippen LogP contribution in [0, 0.1) is 5.82 Å². The topological polar surface area (TPSA) is 90.5 Å². The Hall–Kier alpha value is -4.09. The first-order valence-corrected chi connectivity index (χ1v) is 9.29. The Morgan fingerprint density at radius 1 is 1.06 bits per heavy atom. The number of aromatic nitrogens is 6.